The minimum atomic E-state index is -0.498. The van der Waals surface area contributed by atoms with Crippen LogP contribution in [0.15, 0.2) is 71.4 Å². The maximum Gasteiger partial charge on any atom is 0.324 e. The Morgan fingerprint density at radius 3 is 2.71 bits per heavy atom. The lowest BCUT2D eigenvalue weighted by Crippen LogP contribution is -2.43. The number of aromatic nitrogens is 1. The van der Waals surface area contributed by atoms with Crippen molar-refractivity contribution in [2.45, 2.75) is 30.9 Å². The van der Waals surface area contributed by atoms with E-state index < -0.39 is 11.9 Å². The van der Waals surface area contributed by atoms with Crippen LogP contribution >= 0.6 is 23.4 Å². The minimum Gasteiger partial charge on any atom is -0.366 e. The normalized spacial score (nSPS) is 18.7. The van der Waals surface area contributed by atoms with Gasteiger partial charge in [-0.05, 0) is 74.3 Å². The molecule has 1 saturated heterocycles. The van der Waals surface area contributed by atoms with Gasteiger partial charge < -0.3 is 26.6 Å². The Hall–Kier alpha value is -3.60. The number of nitrogens with zero attached hydrogens (tertiary/aromatic N) is 2. The number of amides is 4. The fourth-order valence-corrected chi connectivity index (χ4v) is 7.02. The molecule has 2 aliphatic heterocycles. The zero-order valence-electron chi connectivity index (χ0n) is 22.6. The molecule has 0 radical (unpaired) electrons. The molecule has 3 aromatic rings. The van der Waals surface area contributed by atoms with Crippen molar-refractivity contribution < 1.29 is 14.4 Å². The van der Waals surface area contributed by atoms with E-state index in [9.17, 15) is 14.4 Å². The number of hydrogen-bond acceptors (Lipinski definition) is 6. The van der Waals surface area contributed by atoms with Gasteiger partial charge in [0.2, 0.25) is 11.8 Å². The number of halogens is 1. The Morgan fingerprint density at radius 1 is 1.10 bits per heavy atom. The average molecular weight is 593 g/mol. The first-order chi connectivity index (χ1) is 19.9. The lowest BCUT2D eigenvalue weighted by molar-refractivity contribution is -0.121. The number of benzene rings is 2. The van der Waals surface area contributed by atoms with Crippen LogP contribution in [-0.4, -0.2) is 59.2 Å². The summed E-state index contributed by atoms with van der Waals surface area (Å²) in [6.45, 7) is 3.05. The summed E-state index contributed by atoms with van der Waals surface area (Å²) in [6.07, 6.45) is 4.53. The molecule has 41 heavy (non-hydrogen) atoms. The summed E-state index contributed by atoms with van der Waals surface area (Å²) in [5, 5.41) is 10.9. The van der Waals surface area contributed by atoms with E-state index in [-0.39, 0.29) is 17.1 Å². The van der Waals surface area contributed by atoms with E-state index in [2.05, 4.69) is 31.9 Å². The number of anilines is 1. The molecule has 2 atom stereocenters. The van der Waals surface area contributed by atoms with E-state index >= 15 is 0 Å². The molecule has 1 aromatic heterocycles. The van der Waals surface area contributed by atoms with E-state index in [0.717, 1.165) is 48.9 Å². The summed E-state index contributed by atoms with van der Waals surface area (Å²) >= 11 is 7.40. The van der Waals surface area contributed by atoms with Gasteiger partial charge in [-0.15, -0.1) is 11.8 Å². The predicted octanol–water partition coefficient (Wildman–Crippen LogP) is 4.28. The number of primary amides is 1. The molecule has 3 heterocycles. The molecule has 2 aliphatic rings. The molecule has 5 N–H and O–H groups in total. The van der Waals surface area contributed by atoms with E-state index in [0.29, 0.717) is 40.7 Å². The van der Waals surface area contributed by atoms with Crippen molar-refractivity contribution in [3.05, 3.63) is 82.0 Å². The second-order valence-corrected chi connectivity index (χ2v) is 12.0. The number of nitrogens with one attached hydrogen (secondary N) is 3. The largest absolute Gasteiger partial charge is 0.366 e. The van der Waals surface area contributed by atoms with Crippen molar-refractivity contribution in [2.24, 2.45) is 11.7 Å². The van der Waals surface area contributed by atoms with E-state index in [4.69, 9.17) is 17.3 Å². The number of likely N-dealkylation sites (tertiary alicyclic amines) is 1. The van der Waals surface area contributed by atoms with Crippen LogP contribution in [0, 0.1) is 5.92 Å². The van der Waals surface area contributed by atoms with Gasteiger partial charge in [-0.3, -0.25) is 14.6 Å². The molecule has 9 nitrogen and oxygen atoms in total. The van der Waals surface area contributed by atoms with Crippen molar-refractivity contribution in [3.63, 3.8) is 0 Å². The van der Waals surface area contributed by atoms with E-state index in [1.54, 1.807) is 24.3 Å². The molecule has 0 bridgehead atoms. The van der Waals surface area contributed by atoms with Crippen LogP contribution in [0.5, 0.6) is 0 Å². The Morgan fingerprint density at radius 2 is 1.90 bits per heavy atom. The highest BCUT2D eigenvalue weighted by molar-refractivity contribution is 8.04. The predicted molar refractivity (Wildman–Crippen MR) is 163 cm³/mol. The first-order valence-corrected chi connectivity index (χ1v) is 15.0. The van der Waals surface area contributed by atoms with Gasteiger partial charge in [0.05, 0.1) is 16.1 Å². The third-order valence-electron chi connectivity index (χ3n) is 7.38. The maximum absolute atomic E-state index is 12.6. The van der Waals surface area contributed by atoms with Crippen LogP contribution < -0.4 is 21.7 Å². The second kappa shape index (κ2) is 13.4. The van der Waals surface area contributed by atoms with Gasteiger partial charge in [-0.25, -0.2) is 4.79 Å². The Bertz CT molecular complexity index is 1460. The fourth-order valence-electron chi connectivity index (χ4n) is 5.34. The number of pyridine rings is 1. The van der Waals surface area contributed by atoms with Gasteiger partial charge in [-0.2, -0.15) is 0 Å². The first kappa shape index (κ1) is 28.9. The molecule has 5 rings (SSSR count). The lowest BCUT2D eigenvalue weighted by Gasteiger charge is -2.35. The number of hydrogen-bond donors (Lipinski definition) is 4. The summed E-state index contributed by atoms with van der Waals surface area (Å²) in [5.41, 5.74) is 8.83. The van der Waals surface area contributed by atoms with Crippen LogP contribution in [0.2, 0.25) is 5.02 Å². The van der Waals surface area contributed by atoms with Crippen molar-refractivity contribution in [2.75, 3.05) is 31.5 Å². The van der Waals surface area contributed by atoms with Crippen LogP contribution in [0.1, 0.15) is 24.8 Å². The molecule has 0 spiro atoms. The number of rotatable bonds is 10. The number of para-hydroxylation sites is 1. The number of urea groups is 1. The molecular weight excluding hydrogens is 560 g/mol. The number of carbonyl (C=O) groups is 3. The zero-order chi connectivity index (χ0) is 28.8. The summed E-state index contributed by atoms with van der Waals surface area (Å²) < 4.78 is 0. The van der Waals surface area contributed by atoms with E-state index in [1.807, 2.05) is 30.5 Å². The molecule has 214 valence electrons. The number of thioether (sulfide) groups is 1. The van der Waals surface area contributed by atoms with Crippen LogP contribution in [0.3, 0.4) is 0 Å². The van der Waals surface area contributed by atoms with Crippen LogP contribution in [-0.2, 0) is 16.0 Å². The minimum absolute atomic E-state index is 0.00359. The number of piperidine rings is 1. The third kappa shape index (κ3) is 7.58. The van der Waals surface area contributed by atoms with Crippen LogP contribution in [0.4, 0.5) is 10.5 Å². The summed E-state index contributed by atoms with van der Waals surface area (Å²) in [4.78, 5) is 44.1. The first-order valence-electron chi connectivity index (χ1n) is 13.7. The van der Waals surface area contributed by atoms with Gasteiger partial charge in [-0.1, -0.05) is 29.8 Å². The van der Waals surface area contributed by atoms with Crippen molar-refractivity contribution in [3.8, 4) is 0 Å². The SMILES string of the molecule is NC(=O)C1=C(NC(=O)Nc2ccc(Cl)cc2)SC2CN(CCCNC(=O)CCc3cnc4ccccc4c3)CCC12. The third-order valence-corrected chi connectivity index (χ3v) is 8.97. The number of aryl methyl sites for hydroxylation is 1. The highest BCUT2D eigenvalue weighted by Gasteiger charge is 2.42. The molecule has 1 fully saturated rings. The average Bonchev–Trinajstić information content (AvgIpc) is 3.32. The Labute approximate surface area is 248 Å². The van der Waals surface area contributed by atoms with E-state index in [1.165, 1.54) is 11.8 Å². The second-order valence-electron chi connectivity index (χ2n) is 10.3. The molecule has 2 unspecified atom stereocenters. The number of carbonyl (C=O) groups excluding carboxylic acids is 3. The lowest BCUT2D eigenvalue weighted by atomic mass is 9.89. The Balaban J connectivity index is 1.04. The van der Waals surface area contributed by atoms with Crippen molar-refractivity contribution >= 4 is 57.8 Å². The number of fused-ring (bicyclic) bond motifs is 2. The fraction of sp³-hybridized carbons (Fsp3) is 0.333. The smallest absolute Gasteiger partial charge is 0.324 e. The molecular formula is C30H33ClN6O3S. The van der Waals surface area contributed by atoms with Gasteiger partial charge in [0.25, 0.3) is 0 Å². The highest BCUT2D eigenvalue weighted by Crippen LogP contribution is 2.45. The maximum atomic E-state index is 12.6. The van der Waals surface area contributed by atoms with Crippen LogP contribution in [0.25, 0.3) is 10.9 Å². The van der Waals surface area contributed by atoms with Gasteiger partial charge in [0.15, 0.2) is 0 Å². The van der Waals surface area contributed by atoms with Crippen molar-refractivity contribution in [1.29, 1.82) is 0 Å². The number of nitrogens with two attached hydrogens (primary N) is 1. The highest BCUT2D eigenvalue weighted by atomic mass is 35.5. The summed E-state index contributed by atoms with van der Waals surface area (Å²) in [5.74, 6) is -0.461. The molecule has 0 saturated carbocycles. The quantitative estimate of drug-likeness (QED) is 0.260. The zero-order valence-corrected chi connectivity index (χ0v) is 24.1. The standard InChI is InChI=1S/C30H33ClN6O3S/c31-21-7-9-22(10-8-21)35-30(40)36-29-27(28(32)39)23-12-15-37(18-25(23)41-29)14-3-13-33-26(38)11-6-19-16-20-4-1-2-5-24(20)34-17-19/h1-2,4-5,7-10,16-17,23,25H,3,6,11-15,18H2,(H2,32,39)(H,33,38)(H2,35,36,40). The molecule has 2 aromatic carbocycles. The summed E-state index contributed by atoms with van der Waals surface area (Å²) in [7, 11) is 0. The molecule has 4 amide bonds. The van der Waals surface area contributed by atoms with Gasteiger partial charge >= 0.3 is 6.03 Å². The monoisotopic (exact) mass is 592 g/mol. The Kier molecular flexibility index (Phi) is 9.43. The van der Waals surface area contributed by atoms with Gasteiger partial charge in [0.1, 0.15) is 0 Å². The molecule has 0 aliphatic carbocycles. The van der Waals surface area contributed by atoms with Crippen molar-refractivity contribution in [1.82, 2.24) is 20.5 Å². The molecule has 11 heteroatoms. The topological polar surface area (TPSA) is 129 Å². The summed E-state index contributed by atoms with van der Waals surface area (Å²) in [6, 6.07) is 16.4. The van der Waals surface area contributed by atoms with Gasteiger partial charge in [0, 0.05) is 53.0 Å².